The molecule has 0 amide bonds. The first kappa shape index (κ1) is 30.3. The van der Waals surface area contributed by atoms with Gasteiger partial charge in [-0.3, -0.25) is 19.2 Å². The summed E-state index contributed by atoms with van der Waals surface area (Å²) in [6, 6.07) is 3.27. The van der Waals surface area contributed by atoms with E-state index in [9.17, 15) is 35.4 Å². The first-order valence-corrected chi connectivity index (χ1v) is 15.9. The zero-order chi connectivity index (χ0) is 27.1. The van der Waals surface area contributed by atoms with Crippen molar-refractivity contribution in [3.8, 4) is 0 Å². The van der Waals surface area contributed by atoms with Crippen LogP contribution >= 0.6 is 0 Å². The summed E-state index contributed by atoms with van der Waals surface area (Å²) in [5, 5.41) is 11.4. The number of non-ortho nitro benzene ring substituents is 1. The van der Waals surface area contributed by atoms with Crippen LogP contribution in [0.4, 0.5) is 11.4 Å². The number of nitro groups is 1. The Kier molecular flexibility index (Phi) is 10.6. The Balaban J connectivity index is 2.49. The normalized spacial score (nSPS) is 16.9. The Morgan fingerprint density at radius 2 is 1.42 bits per heavy atom. The zero-order valence-electron chi connectivity index (χ0n) is 19.9. The number of sulfonamides is 1. The largest absolute Gasteiger partial charge is 0.370 e. The van der Waals surface area contributed by atoms with E-state index in [4.69, 9.17) is 9.11 Å². The lowest BCUT2D eigenvalue weighted by Gasteiger charge is -2.31. The predicted molar refractivity (Wildman–Crippen MR) is 133 cm³/mol. The fourth-order valence-electron chi connectivity index (χ4n) is 3.95. The van der Waals surface area contributed by atoms with E-state index in [0.29, 0.717) is 25.9 Å². The molecular formula is C19H32N4O10S3. The summed E-state index contributed by atoms with van der Waals surface area (Å²) in [5.74, 6) is -1.26. The maximum atomic E-state index is 13.7. The first-order chi connectivity index (χ1) is 16.6. The van der Waals surface area contributed by atoms with Crippen molar-refractivity contribution in [2.45, 2.75) is 30.6 Å². The molecule has 2 N–H and O–H groups in total. The molecule has 0 aromatic heterocycles. The van der Waals surface area contributed by atoms with Crippen LogP contribution in [-0.4, -0.2) is 106 Å². The summed E-state index contributed by atoms with van der Waals surface area (Å²) in [6.45, 7) is 1.53. The van der Waals surface area contributed by atoms with Gasteiger partial charge in [0.1, 0.15) is 4.90 Å². The van der Waals surface area contributed by atoms with Crippen LogP contribution in [0, 0.1) is 10.1 Å². The Morgan fingerprint density at radius 3 is 1.86 bits per heavy atom. The molecule has 1 saturated heterocycles. The van der Waals surface area contributed by atoms with Gasteiger partial charge in [-0.2, -0.15) is 21.1 Å². The smallest absolute Gasteiger partial charge is 0.270 e. The summed E-state index contributed by atoms with van der Waals surface area (Å²) in [4.78, 5) is 13.8. The van der Waals surface area contributed by atoms with Crippen molar-refractivity contribution in [3.63, 3.8) is 0 Å². The van der Waals surface area contributed by atoms with Gasteiger partial charge in [-0.15, -0.1) is 0 Å². The monoisotopic (exact) mass is 572 g/mol. The molecular weight excluding hydrogens is 540 g/mol. The van der Waals surface area contributed by atoms with Crippen molar-refractivity contribution in [2.24, 2.45) is 0 Å². The highest BCUT2D eigenvalue weighted by atomic mass is 32.2. The maximum Gasteiger partial charge on any atom is 0.270 e. The molecule has 1 aliphatic heterocycles. The minimum atomic E-state index is -4.31. The minimum absolute atomic E-state index is 0.0328. The van der Waals surface area contributed by atoms with Crippen LogP contribution in [0.1, 0.15) is 25.7 Å². The van der Waals surface area contributed by atoms with Crippen molar-refractivity contribution < 1.29 is 39.3 Å². The molecule has 0 bridgehead atoms. The van der Waals surface area contributed by atoms with E-state index in [1.165, 1.54) is 15.3 Å². The molecule has 1 aromatic carbocycles. The van der Waals surface area contributed by atoms with E-state index in [1.54, 1.807) is 0 Å². The van der Waals surface area contributed by atoms with Gasteiger partial charge in [-0.05, 0) is 51.9 Å². The highest BCUT2D eigenvalue weighted by molar-refractivity contribution is 7.89. The Hall–Kier alpha value is -1.89. The predicted octanol–water partition coefficient (Wildman–Crippen LogP) is 0.673. The Bertz CT molecular complexity index is 1190. The summed E-state index contributed by atoms with van der Waals surface area (Å²) in [7, 11) is -10.9. The molecule has 0 unspecified atom stereocenters. The number of rotatable bonds is 12. The number of nitrogens with zero attached hydrogens (tertiary/aromatic N) is 4. The number of benzene rings is 1. The molecule has 2 rings (SSSR count). The minimum Gasteiger partial charge on any atom is -0.370 e. The molecule has 0 spiro atoms. The number of hydrogen-bond acceptors (Lipinski definition) is 10. The van der Waals surface area contributed by atoms with Gasteiger partial charge < -0.3 is 9.80 Å². The average Bonchev–Trinajstić information content (AvgIpc) is 2.73. The second-order valence-electron chi connectivity index (χ2n) is 8.59. The third-order valence-corrected chi connectivity index (χ3v) is 9.21. The van der Waals surface area contributed by atoms with Crippen LogP contribution in [0.15, 0.2) is 23.1 Å². The number of anilines is 1. The fourth-order valence-corrected chi connectivity index (χ4v) is 6.69. The molecule has 0 aliphatic carbocycles. The van der Waals surface area contributed by atoms with Crippen LogP contribution in [-0.2, 0) is 30.3 Å². The molecule has 0 atom stereocenters. The van der Waals surface area contributed by atoms with Crippen molar-refractivity contribution in [1.82, 2.24) is 9.21 Å². The third kappa shape index (κ3) is 9.53. The van der Waals surface area contributed by atoms with Gasteiger partial charge in [0.25, 0.3) is 25.9 Å². The molecule has 206 valence electrons. The van der Waals surface area contributed by atoms with Crippen LogP contribution < -0.4 is 4.90 Å². The summed E-state index contributed by atoms with van der Waals surface area (Å²) in [5.41, 5.74) is -0.426. The maximum absolute atomic E-state index is 13.7. The zero-order valence-corrected chi connectivity index (χ0v) is 22.3. The lowest BCUT2D eigenvalue weighted by molar-refractivity contribution is -0.385. The van der Waals surface area contributed by atoms with Crippen LogP contribution in [0.5, 0.6) is 0 Å². The second kappa shape index (κ2) is 12.6. The summed E-state index contributed by atoms with van der Waals surface area (Å²) in [6.07, 6.45) is 0.841. The Morgan fingerprint density at radius 1 is 0.917 bits per heavy atom. The topological polar surface area (TPSA) is 196 Å². The first-order valence-electron chi connectivity index (χ1n) is 11.2. The second-order valence-corrected chi connectivity index (χ2v) is 13.6. The molecule has 1 aliphatic rings. The van der Waals surface area contributed by atoms with E-state index in [2.05, 4.69) is 4.90 Å². The van der Waals surface area contributed by atoms with Crippen molar-refractivity contribution in [3.05, 3.63) is 28.3 Å². The summed E-state index contributed by atoms with van der Waals surface area (Å²) >= 11 is 0. The van der Waals surface area contributed by atoms with E-state index < -0.39 is 52.4 Å². The van der Waals surface area contributed by atoms with Crippen molar-refractivity contribution in [2.75, 3.05) is 62.7 Å². The number of hydrogen-bond donors (Lipinski definition) is 2. The molecule has 1 aromatic rings. The van der Waals surface area contributed by atoms with Gasteiger partial charge in [-0.1, -0.05) is 0 Å². The van der Waals surface area contributed by atoms with Crippen LogP contribution in [0.3, 0.4) is 0 Å². The lowest BCUT2D eigenvalue weighted by atomic mass is 10.2. The van der Waals surface area contributed by atoms with Gasteiger partial charge >= 0.3 is 0 Å². The fraction of sp³-hybridized carbons (Fsp3) is 0.684. The molecule has 0 radical (unpaired) electrons. The highest BCUT2D eigenvalue weighted by Crippen LogP contribution is 2.32. The quantitative estimate of drug-likeness (QED) is 0.202. The lowest BCUT2D eigenvalue weighted by Crippen LogP contribution is -2.39. The third-order valence-electron chi connectivity index (χ3n) is 5.67. The van der Waals surface area contributed by atoms with Gasteiger partial charge in [0.2, 0.25) is 10.0 Å². The molecule has 0 saturated carbocycles. The molecule has 17 heteroatoms. The van der Waals surface area contributed by atoms with E-state index in [-0.39, 0.29) is 49.6 Å². The standard InChI is InChI=1S/C19H32N4O10S3/c1-20-8-2-12-22(13-3-9-20)36(32,33)19-16-17(23(24)25)6-7-18(19)21(10-4-14-34(26,27)28)11-5-15-35(29,30)31/h6-7,16H,2-5,8-15H2,1H3,(H,26,27,28)(H,29,30,31). The molecule has 14 nitrogen and oxygen atoms in total. The van der Waals surface area contributed by atoms with Crippen molar-refractivity contribution >= 4 is 41.6 Å². The van der Waals surface area contributed by atoms with Gasteiger partial charge in [-0.25, -0.2) is 8.42 Å². The van der Waals surface area contributed by atoms with Gasteiger partial charge in [0.05, 0.1) is 22.1 Å². The average molecular weight is 573 g/mol. The van der Waals surface area contributed by atoms with Crippen molar-refractivity contribution in [1.29, 1.82) is 0 Å². The number of nitro benzene ring substituents is 1. The van der Waals surface area contributed by atoms with E-state index in [1.807, 2.05) is 7.05 Å². The van der Waals surface area contributed by atoms with Crippen LogP contribution in [0.25, 0.3) is 0 Å². The molecule has 1 heterocycles. The van der Waals surface area contributed by atoms with Gasteiger partial charge in [0, 0.05) is 38.3 Å². The Labute approximate surface area is 211 Å². The van der Waals surface area contributed by atoms with Gasteiger partial charge in [0.15, 0.2) is 0 Å². The summed E-state index contributed by atoms with van der Waals surface area (Å²) < 4.78 is 91.5. The molecule has 36 heavy (non-hydrogen) atoms. The van der Waals surface area contributed by atoms with E-state index in [0.717, 1.165) is 12.1 Å². The molecule has 1 fully saturated rings. The van der Waals surface area contributed by atoms with Crippen LogP contribution in [0.2, 0.25) is 0 Å². The highest BCUT2D eigenvalue weighted by Gasteiger charge is 2.31. The van der Waals surface area contributed by atoms with E-state index >= 15 is 0 Å². The SMILES string of the molecule is CN1CCCN(S(=O)(=O)c2cc([N+](=O)[O-])ccc2N(CCCS(=O)(=O)O)CCCS(=O)(=O)O)CCC1.